The fraction of sp³-hybridized carbons (Fsp3) is 0.647. The van der Waals surface area contributed by atoms with E-state index in [9.17, 15) is 13.5 Å². The van der Waals surface area contributed by atoms with E-state index in [1.807, 2.05) is 26.0 Å². The molecule has 1 aliphatic rings. The van der Waals surface area contributed by atoms with E-state index in [0.29, 0.717) is 18.0 Å². The molecule has 1 heterocycles. The number of sulfone groups is 1. The molecule has 1 aliphatic heterocycles. The van der Waals surface area contributed by atoms with Crippen molar-refractivity contribution in [1.29, 1.82) is 0 Å². The van der Waals surface area contributed by atoms with E-state index in [4.69, 9.17) is 0 Å². The minimum absolute atomic E-state index is 0.160. The van der Waals surface area contributed by atoms with Crippen molar-refractivity contribution in [3.05, 3.63) is 29.3 Å². The van der Waals surface area contributed by atoms with Gasteiger partial charge in [0.2, 0.25) is 0 Å². The zero-order valence-electron chi connectivity index (χ0n) is 14.3. The Hall–Kier alpha value is -0.950. The number of aliphatic hydroxyl groups excluding tert-OH is 1. The second-order valence-electron chi connectivity index (χ2n) is 6.58. The molecule has 0 saturated carbocycles. The molecule has 0 aromatic heterocycles. The van der Waals surface area contributed by atoms with Crippen LogP contribution in [0.2, 0.25) is 0 Å². The zero-order valence-corrected chi connectivity index (χ0v) is 15.1. The number of aliphatic hydroxyl groups is 1. The fourth-order valence-corrected chi connectivity index (χ4v) is 4.61. The molecule has 0 spiro atoms. The molecule has 5 nitrogen and oxygen atoms in total. The highest BCUT2D eigenvalue weighted by Crippen LogP contribution is 2.18. The van der Waals surface area contributed by atoms with Gasteiger partial charge in [-0.15, -0.1) is 0 Å². The predicted molar refractivity (Wildman–Crippen MR) is 92.5 cm³/mol. The number of nitrogens with zero attached hydrogens (tertiary/aromatic N) is 2. The Labute approximate surface area is 139 Å². The summed E-state index contributed by atoms with van der Waals surface area (Å²) in [5, 5.41) is 9.42. The van der Waals surface area contributed by atoms with E-state index in [2.05, 4.69) is 9.80 Å². The van der Waals surface area contributed by atoms with Crippen molar-refractivity contribution < 1.29 is 13.5 Å². The van der Waals surface area contributed by atoms with Gasteiger partial charge in [0, 0.05) is 39.3 Å². The second kappa shape index (κ2) is 7.75. The zero-order chi connectivity index (χ0) is 17.0. The van der Waals surface area contributed by atoms with Crippen molar-refractivity contribution >= 4 is 9.84 Å². The Bertz CT molecular complexity index is 621. The van der Waals surface area contributed by atoms with Gasteiger partial charge in [-0.25, -0.2) is 8.42 Å². The highest BCUT2D eigenvalue weighted by atomic mass is 32.2. The minimum atomic E-state index is -3.24. The third-order valence-electron chi connectivity index (χ3n) is 4.34. The van der Waals surface area contributed by atoms with Crippen LogP contribution in [0.3, 0.4) is 0 Å². The van der Waals surface area contributed by atoms with E-state index < -0.39 is 9.84 Å². The standard InChI is InChI=1S/C17H28N2O3S/c1-14-4-5-15(2)17(12-14)23(21,22)11-10-18-6-8-19(9-7-18)13-16(3)20/h4-5,12,16,20H,6-11,13H2,1-3H3. The maximum Gasteiger partial charge on any atom is 0.179 e. The van der Waals surface area contributed by atoms with Gasteiger partial charge in [0.25, 0.3) is 0 Å². The first-order valence-electron chi connectivity index (χ1n) is 8.21. The van der Waals surface area contributed by atoms with E-state index in [0.717, 1.165) is 37.3 Å². The number of rotatable bonds is 6. The Balaban J connectivity index is 1.90. The molecule has 1 aromatic carbocycles. The highest BCUT2D eigenvalue weighted by Gasteiger charge is 2.22. The summed E-state index contributed by atoms with van der Waals surface area (Å²) in [4.78, 5) is 4.88. The lowest BCUT2D eigenvalue weighted by molar-refractivity contribution is 0.0832. The predicted octanol–water partition coefficient (Wildman–Crippen LogP) is 1.08. The van der Waals surface area contributed by atoms with E-state index in [-0.39, 0.29) is 11.9 Å². The molecule has 1 unspecified atom stereocenters. The van der Waals surface area contributed by atoms with Gasteiger partial charge in [-0.1, -0.05) is 12.1 Å². The first-order valence-corrected chi connectivity index (χ1v) is 9.86. The van der Waals surface area contributed by atoms with E-state index in [1.165, 1.54) is 0 Å². The summed E-state index contributed by atoms with van der Waals surface area (Å²) in [6, 6.07) is 5.58. The highest BCUT2D eigenvalue weighted by molar-refractivity contribution is 7.91. The molecule has 1 N–H and O–H groups in total. The van der Waals surface area contributed by atoms with Crippen LogP contribution in [0.4, 0.5) is 0 Å². The molecule has 2 rings (SSSR count). The largest absolute Gasteiger partial charge is 0.392 e. The molecule has 0 bridgehead atoms. The summed E-state index contributed by atoms with van der Waals surface area (Å²) in [6.07, 6.45) is -0.314. The van der Waals surface area contributed by atoms with Crippen molar-refractivity contribution in [1.82, 2.24) is 9.80 Å². The summed E-state index contributed by atoms with van der Waals surface area (Å²) in [5.41, 5.74) is 1.79. The van der Waals surface area contributed by atoms with Crippen molar-refractivity contribution in [2.75, 3.05) is 45.0 Å². The van der Waals surface area contributed by atoms with Crippen LogP contribution in [0.1, 0.15) is 18.1 Å². The van der Waals surface area contributed by atoms with Crippen molar-refractivity contribution in [3.63, 3.8) is 0 Å². The average molecular weight is 340 g/mol. The number of benzene rings is 1. The number of β-amino-alcohol motifs (C(OH)–C–C–N with tert-alkyl or cyclic N) is 1. The lowest BCUT2D eigenvalue weighted by atomic mass is 10.2. The number of aryl methyl sites for hydroxylation is 2. The summed E-state index contributed by atoms with van der Waals surface area (Å²) in [5.74, 6) is 0.160. The summed E-state index contributed by atoms with van der Waals surface area (Å²) < 4.78 is 25.2. The first-order chi connectivity index (χ1) is 10.8. The molecule has 1 aromatic rings. The Kier molecular flexibility index (Phi) is 6.19. The number of hydrogen-bond donors (Lipinski definition) is 1. The van der Waals surface area contributed by atoms with Gasteiger partial charge in [-0.05, 0) is 38.0 Å². The van der Waals surface area contributed by atoms with Gasteiger partial charge in [0.15, 0.2) is 9.84 Å². The smallest absolute Gasteiger partial charge is 0.179 e. The fourth-order valence-electron chi connectivity index (χ4n) is 2.97. The van der Waals surface area contributed by atoms with Crippen LogP contribution in [0.25, 0.3) is 0 Å². The van der Waals surface area contributed by atoms with Crippen LogP contribution < -0.4 is 0 Å². The molecule has 23 heavy (non-hydrogen) atoms. The third kappa shape index (κ3) is 5.28. The molecular formula is C17H28N2O3S. The summed E-state index contributed by atoms with van der Waals surface area (Å²) in [7, 11) is -3.24. The number of hydrogen-bond acceptors (Lipinski definition) is 5. The van der Waals surface area contributed by atoms with Crippen LogP contribution in [0, 0.1) is 13.8 Å². The number of piperazine rings is 1. The molecule has 0 radical (unpaired) electrons. The Morgan fingerprint density at radius 1 is 1.13 bits per heavy atom. The van der Waals surface area contributed by atoms with Gasteiger partial charge in [-0.3, -0.25) is 9.80 Å². The summed E-state index contributed by atoms with van der Waals surface area (Å²) in [6.45, 7) is 10.3. The molecule has 1 saturated heterocycles. The monoisotopic (exact) mass is 340 g/mol. The third-order valence-corrected chi connectivity index (χ3v) is 6.17. The lowest BCUT2D eigenvalue weighted by Crippen LogP contribution is -2.49. The molecule has 1 fully saturated rings. The normalized spacial score (nSPS) is 19.0. The molecule has 130 valence electrons. The van der Waals surface area contributed by atoms with Crippen LogP contribution in [0.5, 0.6) is 0 Å². The quantitative estimate of drug-likeness (QED) is 0.840. The van der Waals surface area contributed by atoms with Crippen LogP contribution in [-0.4, -0.2) is 74.4 Å². The van der Waals surface area contributed by atoms with Gasteiger partial charge in [0.1, 0.15) is 0 Å². The molecule has 6 heteroatoms. The van der Waals surface area contributed by atoms with Gasteiger partial charge in [0.05, 0.1) is 16.8 Å². The SMILES string of the molecule is Cc1ccc(C)c(S(=O)(=O)CCN2CCN(CC(C)O)CC2)c1. The molecular weight excluding hydrogens is 312 g/mol. The molecule has 0 aliphatic carbocycles. The van der Waals surface area contributed by atoms with Crippen LogP contribution in [0.15, 0.2) is 23.1 Å². The van der Waals surface area contributed by atoms with E-state index >= 15 is 0 Å². The maximum atomic E-state index is 12.6. The first kappa shape index (κ1) is 18.4. The lowest BCUT2D eigenvalue weighted by Gasteiger charge is -2.35. The maximum absolute atomic E-state index is 12.6. The average Bonchev–Trinajstić information content (AvgIpc) is 2.48. The van der Waals surface area contributed by atoms with Crippen molar-refractivity contribution in [2.45, 2.75) is 31.8 Å². The van der Waals surface area contributed by atoms with Gasteiger partial charge in [-0.2, -0.15) is 0 Å². The van der Waals surface area contributed by atoms with Crippen molar-refractivity contribution in [2.24, 2.45) is 0 Å². The molecule has 1 atom stereocenters. The Morgan fingerprint density at radius 3 is 2.35 bits per heavy atom. The van der Waals surface area contributed by atoms with Gasteiger partial charge >= 0.3 is 0 Å². The van der Waals surface area contributed by atoms with Gasteiger partial charge < -0.3 is 5.11 Å². The second-order valence-corrected chi connectivity index (χ2v) is 8.66. The minimum Gasteiger partial charge on any atom is -0.392 e. The topological polar surface area (TPSA) is 60.9 Å². The van der Waals surface area contributed by atoms with Crippen molar-refractivity contribution in [3.8, 4) is 0 Å². The van der Waals surface area contributed by atoms with Crippen LogP contribution >= 0.6 is 0 Å². The summed E-state index contributed by atoms with van der Waals surface area (Å²) >= 11 is 0. The Morgan fingerprint density at radius 2 is 1.74 bits per heavy atom. The van der Waals surface area contributed by atoms with Crippen LogP contribution in [-0.2, 0) is 9.84 Å². The molecule has 0 amide bonds. The van der Waals surface area contributed by atoms with E-state index in [1.54, 1.807) is 13.0 Å².